The van der Waals surface area contributed by atoms with Crippen molar-refractivity contribution in [2.45, 2.75) is 26.4 Å². The largest absolute Gasteiger partial charge is 0.478 e. The smallest absolute Gasteiger partial charge is 0.335 e. The molecule has 1 amide bonds. The normalized spacial score (nSPS) is 10.4. The Labute approximate surface area is 141 Å². The van der Waals surface area contributed by atoms with Crippen LogP contribution in [0.1, 0.15) is 45.2 Å². The van der Waals surface area contributed by atoms with Crippen LogP contribution in [0.4, 0.5) is 0 Å². The predicted octanol–water partition coefficient (Wildman–Crippen LogP) is 2.81. The van der Waals surface area contributed by atoms with Crippen molar-refractivity contribution in [2.75, 3.05) is 6.54 Å². The number of benzene rings is 2. The summed E-state index contributed by atoms with van der Waals surface area (Å²) in [6.07, 6.45) is 0.905. The van der Waals surface area contributed by atoms with Gasteiger partial charge < -0.3 is 15.7 Å². The molecule has 0 saturated carbocycles. The molecular weight excluding hydrogens is 304 g/mol. The van der Waals surface area contributed by atoms with Gasteiger partial charge in [-0.3, -0.25) is 4.79 Å². The highest BCUT2D eigenvalue weighted by molar-refractivity contribution is 5.94. The lowest BCUT2D eigenvalue weighted by molar-refractivity contribution is 0.0696. The van der Waals surface area contributed by atoms with Crippen molar-refractivity contribution in [3.8, 4) is 0 Å². The average molecular weight is 326 g/mol. The summed E-state index contributed by atoms with van der Waals surface area (Å²) in [6.45, 7) is 3.85. The molecule has 0 spiro atoms. The summed E-state index contributed by atoms with van der Waals surface area (Å²) in [7, 11) is 0. The van der Waals surface area contributed by atoms with Gasteiger partial charge in [0.1, 0.15) is 0 Å². The molecule has 0 saturated heterocycles. The van der Waals surface area contributed by atoms with Gasteiger partial charge in [0.15, 0.2) is 0 Å². The highest BCUT2D eigenvalue weighted by Gasteiger charge is 2.06. The van der Waals surface area contributed by atoms with Crippen LogP contribution in [0.5, 0.6) is 0 Å². The molecular formula is C19H22N2O3. The molecule has 24 heavy (non-hydrogen) atoms. The molecule has 0 heterocycles. The van der Waals surface area contributed by atoms with E-state index >= 15 is 0 Å². The lowest BCUT2D eigenvalue weighted by atomic mass is 10.1. The Hall–Kier alpha value is -2.66. The number of amides is 1. The Morgan fingerprint density at radius 3 is 2.12 bits per heavy atom. The van der Waals surface area contributed by atoms with E-state index in [0.29, 0.717) is 25.2 Å². The van der Waals surface area contributed by atoms with Gasteiger partial charge in [0, 0.05) is 25.2 Å². The summed E-state index contributed by atoms with van der Waals surface area (Å²) in [5.41, 5.74) is 2.85. The molecule has 2 rings (SSSR count). The molecule has 0 aromatic heterocycles. The van der Waals surface area contributed by atoms with Crippen LogP contribution in [0.3, 0.4) is 0 Å². The lowest BCUT2D eigenvalue weighted by Crippen LogP contribution is -2.24. The average Bonchev–Trinajstić information content (AvgIpc) is 2.60. The Morgan fingerprint density at radius 1 is 0.958 bits per heavy atom. The summed E-state index contributed by atoms with van der Waals surface area (Å²) in [5.74, 6) is -0.990. The first-order valence-corrected chi connectivity index (χ1v) is 8.00. The van der Waals surface area contributed by atoms with E-state index in [4.69, 9.17) is 5.11 Å². The number of carboxylic acid groups (broad SMARTS) is 1. The summed E-state index contributed by atoms with van der Waals surface area (Å²) in [4.78, 5) is 22.9. The molecule has 2 aromatic rings. The zero-order valence-corrected chi connectivity index (χ0v) is 13.7. The monoisotopic (exact) mass is 326 g/mol. The molecule has 0 unspecified atom stereocenters. The maximum atomic E-state index is 12.0. The molecule has 0 radical (unpaired) electrons. The minimum Gasteiger partial charge on any atom is -0.478 e. The molecule has 3 N–H and O–H groups in total. The van der Waals surface area contributed by atoms with E-state index in [-0.39, 0.29) is 11.5 Å². The molecule has 0 aliphatic heterocycles. The van der Waals surface area contributed by atoms with Gasteiger partial charge in [0.25, 0.3) is 5.91 Å². The number of hydrogen-bond donors (Lipinski definition) is 3. The van der Waals surface area contributed by atoms with Crippen molar-refractivity contribution < 1.29 is 14.7 Å². The van der Waals surface area contributed by atoms with Crippen molar-refractivity contribution >= 4 is 11.9 Å². The second-order valence-corrected chi connectivity index (χ2v) is 5.57. The zero-order valence-electron chi connectivity index (χ0n) is 13.7. The third-order valence-electron chi connectivity index (χ3n) is 3.56. The highest BCUT2D eigenvalue weighted by atomic mass is 16.4. The fraction of sp³-hybridized carbons (Fsp3) is 0.263. The zero-order chi connectivity index (χ0) is 17.4. The highest BCUT2D eigenvalue weighted by Crippen LogP contribution is 2.08. The number of nitrogens with one attached hydrogen (secondary N) is 2. The minimum atomic E-state index is -0.928. The SMILES string of the molecule is CCCNC(=O)c1cccc(CNCc2cccc(C(=O)O)c2)c1. The van der Waals surface area contributed by atoms with Gasteiger partial charge in [-0.2, -0.15) is 0 Å². The summed E-state index contributed by atoms with van der Waals surface area (Å²) < 4.78 is 0. The van der Waals surface area contributed by atoms with Gasteiger partial charge in [0.2, 0.25) is 0 Å². The molecule has 0 bridgehead atoms. The number of carbonyl (C=O) groups excluding carboxylic acids is 1. The van der Waals surface area contributed by atoms with E-state index < -0.39 is 5.97 Å². The van der Waals surface area contributed by atoms with Crippen molar-refractivity contribution in [2.24, 2.45) is 0 Å². The summed E-state index contributed by atoms with van der Waals surface area (Å²) in [6, 6.07) is 14.3. The van der Waals surface area contributed by atoms with E-state index in [1.807, 2.05) is 31.2 Å². The van der Waals surface area contributed by atoms with E-state index in [0.717, 1.165) is 17.5 Å². The van der Waals surface area contributed by atoms with E-state index in [2.05, 4.69) is 10.6 Å². The van der Waals surface area contributed by atoms with Crippen molar-refractivity contribution in [3.63, 3.8) is 0 Å². The Balaban J connectivity index is 1.91. The van der Waals surface area contributed by atoms with Crippen LogP contribution in [0.25, 0.3) is 0 Å². The molecule has 126 valence electrons. The van der Waals surface area contributed by atoms with Crippen LogP contribution in [0, 0.1) is 0 Å². The molecule has 5 nitrogen and oxygen atoms in total. The van der Waals surface area contributed by atoms with Gasteiger partial charge in [-0.25, -0.2) is 4.79 Å². The van der Waals surface area contributed by atoms with Crippen LogP contribution < -0.4 is 10.6 Å². The second-order valence-electron chi connectivity index (χ2n) is 5.57. The van der Waals surface area contributed by atoms with Crippen LogP contribution in [0.15, 0.2) is 48.5 Å². The number of aromatic carboxylic acids is 1. The first-order chi connectivity index (χ1) is 11.6. The predicted molar refractivity (Wildman–Crippen MR) is 93.0 cm³/mol. The Morgan fingerprint density at radius 2 is 1.54 bits per heavy atom. The van der Waals surface area contributed by atoms with E-state index in [1.165, 1.54) is 0 Å². The van der Waals surface area contributed by atoms with Crippen LogP contribution in [0.2, 0.25) is 0 Å². The maximum absolute atomic E-state index is 12.0. The number of carboxylic acids is 1. The van der Waals surface area contributed by atoms with Gasteiger partial charge in [-0.1, -0.05) is 31.2 Å². The van der Waals surface area contributed by atoms with Gasteiger partial charge in [-0.15, -0.1) is 0 Å². The molecule has 0 atom stereocenters. The molecule has 5 heteroatoms. The summed E-state index contributed by atoms with van der Waals surface area (Å²) in [5, 5.41) is 15.1. The minimum absolute atomic E-state index is 0.0622. The van der Waals surface area contributed by atoms with Gasteiger partial charge in [0.05, 0.1) is 5.56 Å². The summed E-state index contributed by atoms with van der Waals surface area (Å²) >= 11 is 0. The number of rotatable bonds is 8. The van der Waals surface area contributed by atoms with Crippen LogP contribution >= 0.6 is 0 Å². The van der Waals surface area contributed by atoms with Crippen molar-refractivity contribution in [1.82, 2.24) is 10.6 Å². The number of carbonyl (C=O) groups is 2. The quantitative estimate of drug-likeness (QED) is 0.697. The third kappa shape index (κ3) is 5.21. The lowest BCUT2D eigenvalue weighted by Gasteiger charge is -2.08. The standard InChI is InChI=1S/C19H22N2O3/c1-2-9-21-18(22)16-7-3-5-14(10-16)12-20-13-15-6-4-8-17(11-15)19(23)24/h3-8,10-11,20H,2,9,12-13H2,1H3,(H,21,22)(H,23,24). The second kappa shape index (κ2) is 8.84. The van der Waals surface area contributed by atoms with Crippen molar-refractivity contribution in [3.05, 3.63) is 70.8 Å². The first kappa shape index (κ1) is 17.7. The first-order valence-electron chi connectivity index (χ1n) is 8.00. The van der Waals surface area contributed by atoms with E-state index in [1.54, 1.807) is 24.3 Å². The molecule has 2 aromatic carbocycles. The Kier molecular flexibility index (Phi) is 6.51. The molecule has 0 aliphatic rings. The fourth-order valence-corrected chi connectivity index (χ4v) is 2.33. The maximum Gasteiger partial charge on any atom is 0.335 e. The van der Waals surface area contributed by atoms with E-state index in [9.17, 15) is 9.59 Å². The van der Waals surface area contributed by atoms with Gasteiger partial charge in [-0.05, 0) is 41.8 Å². The molecule has 0 aliphatic carbocycles. The van der Waals surface area contributed by atoms with Crippen LogP contribution in [-0.4, -0.2) is 23.5 Å². The molecule has 0 fully saturated rings. The topological polar surface area (TPSA) is 78.4 Å². The van der Waals surface area contributed by atoms with Crippen LogP contribution in [-0.2, 0) is 13.1 Å². The van der Waals surface area contributed by atoms with Gasteiger partial charge >= 0.3 is 5.97 Å². The third-order valence-corrected chi connectivity index (χ3v) is 3.56. The number of hydrogen-bond acceptors (Lipinski definition) is 3. The fourth-order valence-electron chi connectivity index (χ4n) is 2.33. The van der Waals surface area contributed by atoms with Crippen molar-refractivity contribution in [1.29, 1.82) is 0 Å². The Bertz CT molecular complexity index is 713.